The highest BCUT2D eigenvalue weighted by molar-refractivity contribution is 5.98. The zero-order valence-electron chi connectivity index (χ0n) is 24.8. The molecule has 4 fully saturated rings. The maximum absolute atomic E-state index is 14.5. The number of carbonyl (C=O) groups excluding carboxylic acids is 3. The van der Waals surface area contributed by atoms with Gasteiger partial charge in [0.25, 0.3) is 0 Å². The Morgan fingerprint density at radius 2 is 1.88 bits per heavy atom. The minimum atomic E-state index is -1.06. The van der Waals surface area contributed by atoms with Gasteiger partial charge in [-0.05, 0) is 38.5 Å². The van der Waals surface area contributed by atoms with E-state index >= 15 is 0 Å². The van der Waals surface area contributed by atoms with Gasteiger partial charge in [-0.25, -0.2) is 0 Å². The van der Waals surface area contributed by atoms with Gasteiger partial charge in [-0.15, -0.1) is 13.2 Å². The summed E-state index contributed by atoms with van der Waals surface area (Å²) in [4.78, 5) is 48.1. The van der Waals surface area contributed by atoms with E-state index in [1.54, 1.807) is 22.0 Å². The maximum Gasteiger partial charge on any atom is 0.312 e. The standard InChI is InChI=1S/C31H49N3O7/c1-4-7-21-40-29(38)25-24-27(36)34(15-10-8-9-11-20-35)26(31(24)13-12-30(25,6-3)41-31)28(37)33(14-5-2)17-16-32-18-22-39-23-19-32/h4-5,24-26,35H,1-2,6-23H2,3H3/t24-,25-,26?,30+,31?/m0/s1. The van der Waals surface area contributed by atoms with E-state index in [1.807, 2.05) is 6.92 Å². The summed E-state index contributed by atoms with van der Waals surface area (Å²) < 4.78 is 18.0. The summed E-state index contributed by atoms with van der Waals surface area (Å²) in [5.74, 6) is -2.23. The molecule has 2 amide bonds. The van der Waals surface area contributed by atoms with Gasteiger partial charge in [0.2, 0.25) is 11.8 Å². The van der Waals surface area contributed by atoms with Crippen LogP contribution < -0.4 is 0 Å². The fraction of sp³-hybridized carbons (Fsp3) is 0.774. The lowest BCUT2D eigenvalue weighted by Gasteiger charge is -2.37. The molecular formula is C31H49N3O7. The molecule has 41 heavy (non-hydrogen) atoms. The molecule has 4 aliphatic rings. The van der Waals surface area contributed by atoms with E-state index in [0.717, 1.165) is 25.9 Å². The third-order valence-electron chi connectivity index (χ3n) is 9.49. The normalized spacial score (nSPS) is 30.8. The Bertz CT molecular complexity index is 954. The predicted octanol–water partition coefficient (Wildman–Crippen LogP) is 2.16. The first-order valence-electron chi connectivity index (χ1n) is 15.5. The van der Waals surface area contributed by atoms with Crippen molar-refractivity contribution in [1.82, 2.24) is 14.7 Å². The number of amides is 2. The highest BCUT2D eigenvalue weighted by atomic mass is 16.6. The maximum atomic E-state index is 14.5. The van der Waals surface area contributed by atoms with E-state index in [0.29, 0.717) is 77.9 Å². The predicted molar refractivity (Wildman–Crippen MR) is 154 cm³/mol. The van der Waals surface area contributed by atoms with Crippen molar-refractivity contribution in [2.45, 2.75) is 75.5 Å². The fourth-order valence-electron chi connectivity index (χ4n) is 7.38. The molecule has 230 valence electrons. The lowest BCUT2D eigenvalue weighted by Crippen LogP contribution is -2.57. The van der Waals surface area contributed by atoms with E-state index < -0.39 is 35.0 Å². The van der Waals surface area contributed by atoms with Crippen molar-refractivity contribution in [3.05, 3.63) is 25.3 Å². The minimum absolute atomic E-state index is 0.136. The lowest BCUT2D eigenvalue weighted by atomic mass is 9.65. The Morgan fingerprint density at radius 3 is 2.56 bits per heavy atom. The van der Waals surface area contributed by atoms with Crippen LogP contribution >= 0.6 is 0 Å². The van der Waals surface area contributed by atoms with Crippen LogP contribution in [0.5, 0.6) is 0 Å². The highest BCUT2D eigenvalue weighted by Gasteiger charge is 2.79. The molecule has 0 aliphatic carbocycles. The third-order valence-corrected chi connectivity index (χ3v) is 9.49. The van der Waals surface area contributed by atoms with Crippen molar-refractivity contribution >= 4 is 17.8 Å². The van der Waals surface area contributed by atoms with Crippen LogP contribution in [-0.4, -0.2) is 121 Å². The summed E-state index contributed by atoms with van der Waals surface area (Å²) in [6, 6.07) is -0.804. The molecule has 4 heterocycles. The Labute approximate surface area is 244 Å². The topological polar surface area (TPSA) is 109 Å². The van der Waals surface area contributed by atoms with Crippen LogP contribution in [0.1, 0.15) is 58.3 Å². The molecule has 0 aromatic heterocycles. The number of esters is 1. The van der Waals surface area contributed by atoms with Gasteiger partial charge < -0.3 is 29.1 Å². The molecule has 0 aromatic carbocycles. The van der Waals surface area contributed by atoms with Crippen molar-refractivity contribution in [2.24, 2.45) is 11.8 Å². The number of morpholine rings is 1. The van der Waals surface area contributed by atoms with Crippen LogP contribution in [0.3, 0.4) is 0 Å². The second-order valence-corrected chi connectivity index (χ2v) is 11.8. The Balaban J connectivity index is 1.63. The molecule has 1 N–H and O–H groups in total. The highest BCUT2D eigenvalue weighted by Crippen LogP contribution is 2.64. The second-order valence-electron chi connectivity index (χ2n) is 11.8. The van der Waals surface area contributed by atoms with Crippen LogP contribution in [0, 0.1) is 11.8 Å². The number of carbonyl (C=O) groups is 3. The monoisotopic (exact) mass is 575 g/mol. The summed E-state index contributed by atoms with van der Waals surface area (Å²) >= 11 is 0. The van der Waals surface area contributed by atoms with Crippen LogP contribution in [0.25, 0.3) is 0 Å². The molecule has 5 atom stereocenters. The SMILES string of the molecule is C=CCCOC(=O)[C@@H]1[C@H]2C(=O)N(CCCCCCO)C(C(=O)N(CC=C)CCN3CCOCC3)C23CC[C@@]1(CC)O3. The molecule has 4 aliphatic heterocycles. The van der Waals surface area contributed by atoms with Crippen LogP contribution in [0.15, 0.2) is 25.3 Å². The van der Waals surface area contributed by atoms with Gasteiger partial charge in [0.05, 0.1) is 31.3 Å². The van der Waals surface area contributed by atoms with Gasteiger partial charge >= 0.3 is 5.97 Å². The zero-order chi connectivity index (χ0) is 29.5. The number of ether oxygens (including phenoxy) is 3. The molecule has 2 bridgehead atoms. The van der Waals surface area contributed by atoms with E-state index in [4.69, 9.17) is 14.2 Å². The van der Waals surface area contributed by atoms with Crippen LogP contribution in [-0.2, 0) is 28.6 Å². The molecule has 4 rings (SSSR count). The Kier molecular flexibility index (Phi) is 11.0. The first kappa shape index (κ1) is 31.7. The number of nitrogens with zero attached hydrogens (tertiary/aromatic N) is 3. The van der Waals surface area contributed by atoms with Crippen molar-refractivity contribution in [3.63, 3.8) is 0 Å². The fourth-order valence-corrected chi connectivity index (χ4v) is 7.38. The molecule has 0 radical (unpaired) electrons. The van der Waals surface area contributed by atoms with Gasteiger partial charge in [-0.2, -0.15) is 0 Å². The largest absolute Gasteiger partial charge is 0.465 e. The number of unbranched alkanes of at least 4 members (excludes halogenated alkanes) is 3. The molecule has 1 spiro atoms. The lowest BCUT2D eigenvalue weighted by molar-refractivity contribution is -0.162. The third kappa shape index (κ3) is 6.26. The van der Waals surface area contributed by atoms with Crippen molar-refractivity contribution in [2.75, 3.05) is 65.7 Å². The Hall–Kier alpha value is -2.27. The first-order chi connectivity index (χ1) is 19.9. The quantitative estimate of drug-likeness (QED) is 0.160. The van der Waals surface area contributed by atoms with E-state index in [9.17, 15) is 19.5 Å². The molecule has 10 nitrogen and oxygen atoms in total. The van der Waals surface area contributed by atoms with Gasteiger partial charge in [0, 0.05) is 45.9 Å². The smallest absolute Gasteiger partial charge is 0.312 e. The molecule has 0 aromatic rings. The van der Waals surface area contributed by atoms with Gasteiger partial charge in [0.15, 0.2) is 0 Å². The average Bonchev–Trinajstić information content (AvgIpc) is 3.59. The molecule has 10 heteroatoms. The molecule has 0 saturated carbocycles. The van der Waals surface area contributed by atoms with Crippen LogP contribution in [0.2, 0.25) is 0 Å². The number of aliphatic hydroxyl groups is 1. The van der Waals surface area contributed by atoms with E-state index in [2.05, 4.69) is 18.1 Å². The summed E-state index contributed by atoms with van der Waals surface area (Å²) in [6.45, 7) is 14.9. The number of hydrogen-bond acceptors (Lipinski definition) is 8. The number of rotatable bonds is 17. The van der Waals surface area contributed by atoms with Crippen molar-refractivity contribution in [1.29, 1.82) is 0 Å². The molecule has 4 saturated heterocycles. The average molecular weight is 576 g/mol. The minimum Gasteiger partial charge on any atom is -0.465 e. The summed E-state index contributed by atoms with van der Waals surface area (Å²) in [6.07, 6.45) is 8.78. The Morgan fingerprint density at radius 1 is 1.12 bits per heavy atom. The molecular weight excluding hydrogens is 526 g/mol. The summed E-state index contributed by atoms with van der Waals surface area (Å²) in [7, 11) is 0. The number of hydrogen-bond donors (Lipinski definition) is 1. The summed E-state index contributed by atoms with van der Waals surface area (Å²) in [5, 5.41) is 9.18. The van der Waals surface area contributed by atoms with Gasteiger partial charge in [-0.1, -0.05) is 31.9 Å². The first-order valence-corrected chi connectivity index (χ1v) is 15.5. The zero-order valence-corrected chi connectivity index (χ0v) is 24.8. The number of aliphatic hydroxyl groups excluding tert-OH is 1. The second kappa shape index (κ2) is 14.3. The van der Waals surface area contributed by atoms with Gasteiger partial charge in [0.1, 0.15) is 17.6 Å². The van der Waals surface area contributed by atoms with Crippen molar-refractivity contribution < 1.29 is 33.7 Å². The number of fused-ring (bicyclic) bond motifs is 1. The van der Waals surface area contributed by atoms with Crippen LogP contribution in [0.4, 0.5) is 0 Å². The van der Waals surface area contributed by atoms with Crippen molar-refractivity contribution in [3.8, 4) is 0 Å². The summed E-state index contributed by atoms with van der Waals surface area (Å²) in [5.41, 5.74) is -1.87. The van der Waals surface area contributed by atoms with E-state index in [1.165, 1.54) is 0 Å². The van der Waals surface area contributed by atoms with Gasteiger partial charge in [-0.3, -0.25) is 19.3 Å². The number of likely N-dealkylation sites (tertiary alicyclic amines) is 1. The molecule has 2 unspecified atom stereocenters. The van der Waals surface area contributed by atoms with E-state index in [-0.39, 0.29) is 25.0 Å².